The Kier molecular flexibility index (Phi) is 3.40. The molecule has 76 valence electrons. The van der Waals surface area contributed by atoms with E-state index in [1.165, 1.54) is 5.56 Å². The molecule has 1 fully saturated rings. The predicted octanol–water partition coefficient (Wildman–Crippen LogP) is 1.44. The van der Waals surface area contributed by atoms with Gasteiger partial charge in [-0.1, -0.05) is 29.8 Å². The highest BCUT2D eigenvalue weighted by atomic mass is 35.5. The highest BCUT2D eigenvalue weighted by Gasteiger charge is 2.14. The van der Waals surface area contributed by atoms with Gasteiger partial charge in [0.25, 0.3) is 0 Å². The van der Waals surface area contributed by atoms with E-state index in [9.17, 15) is 0 Å². The Balaban J connectivity index is 1.76. The number of hydrogen-bond acceptors (Lipinski definition) is 2. The van der Waals surface area contributed by atoms with Gasteiger partial charge in [-0.05, 0) is 24.6 Å². The molecule has 2 rings (SSSR count). The maximum atomic E-state index is 6.05. The smallest absolute Gasteiger partial charge is 0.0438 e. The van der Waals surface area contributed by atoms with Crippen LogP contribution < -0.4 is 10.6 Å². The third kappa shape index (κ3) is 2.47. The zero-order valence-electron chi connectivity index (χ0n) is 8.09. The van der Waals surface area contributed by atoms with Gasteiger partial charge in [-0.15, -0.1) is 0 Å². The normalized spacial score (nSPS) is 16.6. The number of rotatable bonds is 4. The molecule has 0 amide bonds. The van der Waals surface area contributed by atoms with E-state index in [-0.39, 0.29) is 0 Å². The molecule has 2 N–H and O–H groups in total. The van der Waals surface area contributed by atoms with E-state index in [1.54, 1.807) is 0 Å². The Morgan fingerprint density at radius 1 is 1.36 bits per heavy atom. The van der Waals surface area contributed by atoms with Crippen LogP contribution in [0.4, 0.5) is 0 Å². The summed E-state index contributed by atoms with van der Waals surface area (Å²) in [7, 11) is 0. The van der Waals surface area contributed by atoms with Gasteiger partial charge in [-0.25, -0.2) is 0 Å². The van der Waals surface area contributed by atoms with E-state index in [4.69, 9.17) is 11.6 Å². The van der Waals surface area contributed by atoms with E-state index < -0.39 is 0 Å². The van der Waals surface area contributed by atoms with Gasteiger partial charge in [-0.2, -0.15) is 0 Å². The van der Waals surface area contributed by atoms with Crippen LogP contribution in [0.2, 0.25) is 5.02 Å². The first-order chi connectivity index (χ1) is 6.86. The first-order valence-corrected chi connectivity index (χ1v) is 5.41. The summed E-state index contributed by atoms with van der Waals surface area (Å²) in [5.74, 6) is 0. The molecule has 0 radical (unpaired) electrons. The van der Waals surface area contributed by atoms with E-state index in [0.717, 1.165) is 31.1 Å². The molecule has 0 spiro atoms. The van der Waals surface area contributed by atoms with Crippen LogP contribution in [0.1, 0.15) is 5.56 Å². The van der Waals surface area contributed by atoms with Gasteiger partial charge < -0.3 is 10.6 Å². The third-order valence-corrected chi connectivity index (χ3v) is 2.94. The first-order valence-electron chi connectivity index (χ1n) is 5.04. The van der Waals surface area contributed by atoms with Gasteiger partial charge in [0.15, 0.2) is 0 Å². The molecular formula is C11H15ClN2. The molecule has 0 saturated carbocycles. The summed E-state index contributed by atoms with van der Waals surface area (Å²) in [6.07, 6.45) is 1.01. The molecule has 1 aromatic carbocycles. The Labute approximate surface area is 89.7 Å². The maximum Gasteiger partial charge on any atom is 0.0438 e. The molecule has 0 unspecified atom stereocenters. The van der Waals surface area contributed by atoms with Crippen molar-refractivity contribution in [2.45, 2.75) is 12.5 Å². The molecule has 14 heavy (non-hydrogen) atoms. The average Bonchev–Trinajstić information content (AvgIpc) is 2.12. The summed E-state index contributed by atoms with van der Waals surface area (Å²) < 4.78 is 0. The van der Waals surface area contributed by atoms with Gasteiger partial charge in [0, 0.05) is 24.2 Å². The van der Waals surface area contributed by atoms with E-state index in [1.807, 2.05) is 18.2 Å². The second-order valence-corrected chi connectivity index (χ2v) is 4.06. The molecule has 0 aromatic heterocycles. The first kappa shape index (κ1) is 9.97. The molecule has 1 aliphatic heterocycles. The van der Waals surface area contributed by atoms with Crippen LogP contribution in [0.15, 0.2) is 24.3 Å². The van der Waals surface area contributed by atoms with Crippen molar-refractivity contribution in [2.24, 2.45) is 0 Å². The number of halogens is 1. The average molecular weight is 211 g/mol. The lowest BCUT2D eigenvalue weighted by Crippen LogP contribution is -2.55. The Hall–Kier alpha value is -0.570. The lowest BCUT2D eigenvalue weighted by Gasteiger charge is -2.28. The standard InChI is InChI=1S/C11H15ClN2/c12-11-4-2-1-3-9(11)5-6-14-10-7-13-8-10/h1-4,10,13-14H,5-8H2. The fourth-order valence-corrected chi connectivity index (χ4v) is 1.78. The maximum absolute atomic E-state index is 6.05. The predicted molar refractivity (Wildman–Crippen MR) is 59.8 cm³/mol. The Morgan fingerprint density at radius 3 is 2.79 bits per heavy atom. The van der Waals surface area contributed by atoms with Crippen molar-refractivity contribution in [2.75, 3.05) is 19.6 Å². The largest absolute Gasteiger partial charge is 0.314 e. The topological polar surface area (TPSA) is 24.1 Å². The second kappa shape index (κ2) is 4.78. The van der Waals surface area contributed by atoms with Crippen LogP contribution >= 0.6 is 11.6 Å². The lowest BCUT2D eigenvalue weighted by molar-refractivity contribution is 0.369. The third-order valence-electron chi connectivity index (χ3n) is 2.57. The number of nitrogens with one attached hydrogen (secondary N) is 2. The minimum Gasteiger partial charge on any atom is -0.314 e. The summed E-state index contributed by atoms with van der Waals surface area (Å²) in [5, 5.41) is 7.58. The summed E-state index contributed by atoms with van der Waals surface area (Å²) in [4.78, 5) is 0. The Bertz CT molecular complexity index is 297. The zero-order valence-corrected chi connectivity index (χ0v) is 8.85. The second-order valence-electron chi connectivity index (χ2n) is 3.65. The summed E-state index contributed by atoms with van der Waals surface area (Å²) >= 11 is 6.05. The Morgan fingerprint density at radius 2 is 2.14 bits per heavy atom. The quantitative estimate of drug-likeness (QED) is 0.786. The highest BCUT2D eigenvalue weighted by molar-refractivity contribution is 6.31. The van der Waals surface area contributed by atoms with Gasteiger partial charge in [0.2, 0.25) is 0 Å². The van der Waals surface area contributed by atoms with Crippen molar-refractivity contribution < 1.29 is 0 Å². The summed E-state index contributed by atoms with van der Waals surface area (Å²) in [5.41, 5.74) is 1.23. The fourth-order valence-electron chi connectivity index (χ4n) is 1.55. The van der Waals surface area contributed by atoms with Crippen molar-refractivity contribution in [3.8, 4) is 0 Å². The van der Waals surface area contributed by atoms with Crippen LogP contribution in [0.25, 0.3) is 0 Å². The fraction of sp³-hybridized carbons (Fsp3) is 0.455. The molecule has 0 atom stereocenters. The van der Waals surface area contributed by atoms with Crippen LogP contribution in [0, 0.1) is 0 Å². The van der Waals surface area contributed by atoms with Gasteiger partial charge in [0.1, 0.15) is 0 Å². The molecule has 0 bridgehead atoms. The van der Waals surface area contributed by atoms with Crippen molar-refractivity contribution in [3.63, 3.8) is 0 Å². The molecule has 1 aliphatic rings. The highest BCUT2D eigenvalue weighted by Crippen LogP contribution is 2.14. The summed E-state index contributed by atoms with van der Waals surface area (Å²) in [6.45, 7) is 3.21. The SMILES string of the molecule is Clc1ccccc1CCNC1CNC1. The summed E-state index contributed by atoms with van der Waals surface area (Å²) in [6, 6.07) is 8.70. The minimum atomic E-state index is 0.664. The van der Waals surface area contributed by atoms with Gasteiger partial charge >= 0.3 is 0 Å². The van der Waals surface area contributed by atoms with E-state index in [2.05, 4.69) is 16.7 Å². The van der Waals surface area contributed by atoms with Gasteiger partial charge in [0.05, 0.1) is 0 Å². The number of hydrogen-bond donors (Lipinski definition) is 2. The van der Waals surface area contributed by atoms with Crippen molar-refractivity contribution in [1.29, 1.82) is 0 Å². The van der Waals surface area contributed by atoms with Crippen LogP contribution in [0.5, 0.6) is 0 Å². The van der Waals surface area contributed by atoms with Crippen molar-refractivity contribution >= 4 is 11.6 Å². The van der Waals surface area contributed by atoms with Crippen LogP contribution in [-0.4, -0.2) is 25.7 Å². The molecule has 2 nitrogen and oxygen atoms in total. The minimum absolute atomic E-state index is 0.664. The van der Waals surface area contributed by atoms with Gasteiger partial charge in [-0.3, -0.25) is 0 Å². The molecular weight excluding hydrogens is 196 g/mol. The molecule has 1 aromatic rings. The number of benzene rings is 1. The van der Waals surface area contributed by atoms with Crippen LogP contribution in [-0.2, 0) is 6.42 Å². The van der Waals surface area contributed by atoms with Crippen molar-refractivity contribution in [3.05, 3.63) is 34.9 Å². The zero-order chi connectivity index (χ0) is 9.80. The molecule has 0 aliphatic carbocycles. The molecule has 1 heterocycles. The monoisotopic (exact) mass is 210 g/mol. The molecule has 1 saturated heterocycles. The van der Waals surface area contributed by atoms with E-state index in [0.29, 0.717) is 6.04 Å². The van der Waals surface area contributed by atoms with E-state index >= 15 is 0 Å². The van der Waals surface area contributed by atoms with Crippen molar-refractivity contribution in [1.82, 2.24) is 10.6 Å². The molecule has 3 heteroatoms. The van der Waals surface area contributed by atoms with Crippen LogP contribution in [0.3, 0.4) is 0 Å². The lowest BCUT2D eigenvalue weighted by atomic mass is 10.1.